The van der Waals surface area contributed by atoms with E-state index in [4.69, 9.17) is 5.73 Å². The third-order valence-corrected chi connectivity index (χ3v) is 5.23. The lowest BCUT2D eigenvalue weighted by atomic mass is 9.92. The SMILES string of the molecule is CC(N)CCN1Cc2ccc(F)cc2-c2cncc(C(=O)Nc3ccc(F)c(F)c3)c21. The molecule has 5 nitrogen and oxygen atoms in total. The number of nitrogens with one attached hydrogen (secondary N) is 1. The van der Waals surface area contributed by atoms with Gasteiger partial charge in [0.15, 0.2) is 11.6 Å². The van der Waals surface area contributed by atoms with Gasteiger partial charge in [0.25, 0.3) is 5.91 Å². The molecule has 0 fully saturated rings. The normalized spacial score (nSPS) is 13.4. The summed E-state index contributed by atoms with van der Waals surface area (Å²) in [6, 6.07) is 7.64. The van der Waals surface area contributed by atoms with Crippen LogP contribution in [0.5, 0.6) is 0 Å². The van der Waals surface area contributed by atoms with E-state index in [9.17, 15) is 18.0 Å². The predicted molar refractivity (Wildman–Crippen MR) is 113 cm³/mol. The number of fused-ring (bicyclic) bond motifs is 3. The zero-order chi connectivity index (χ0) is 22.1. The lowest BCUT2D eigenvalue weighted by molar-refractivity contribution is 0.102. The first-order chi connectivity index (χ1) is 14.8. The molecule has 1 amide bonds. The fourth-order valence-electron chi connectivity index (χ4n) is 3.70. The van der Waals surface area contributed by atoms with Crippen LogP contribution in [0.25, 0.3) is 11.1 Å². The molecule has 1 aromatic heterocycles. The van der Waals surface area contributed by atoms with E-state index in [1.54, 1.807) is 12.3 Å². The Morgan fingerprint density at radius 1 is 1.13 bits per heavy atom. The highest BCUT2D eigenvalue weighted by molar-refractivity contribution is 6.10. The molecular formula is C23H21F3N4O. The zero-order valence-electron chi connectivity index (χ0n) is 16.8. The number of carbonyl (C=O) groups excluding carboxylic acids is 1. The van der Waals surface area contributed by atoms with E-state index in [0.717, 1.165) is 17.7 Å². The summed E-state index contributed by atoms with van der Waals surface area (Å²) in [4.78, 5) is 19.2. The van der Waals surface area contributed by atoms with Gasteiger partial charge in [-0.05, 0) is 48.7 Å². The lowest BCUT2D eigenvalue weighted by Gasteiger charge is -2.34. The van der Waals surface area contributed by atoms with Crippen LogP contribution >= 0.6 is 0 Å². The molecule has 1 aliphatic heterocycles. The van der Waals surface area contributed by atoms with Crippen molar-refractivity contribution < 1.29 is 18.0 Å². The Kier molecular flexibility index (Phi) is 5.65. The molecule has 1 atom stereocenters. The summed E-state index contributed by atoms with van der Waals surface area (Å²) in [5, 5.41) is 2.59. The number of nitrogens with two attached hydrogens (primary N) is 1. The van der Waals surface area contributed by atoms with Crippen LogP contribution in [0.15, 0.2) is 48.8 Å². The van der Waals surface area contributed by atoms with E-state index in [1.165, 1.54) is 24.4 Å². The molecule has 0 saturated heterocycles. The van der Waals surface area contributed by atoms with Crippen LogP contribution < -0.4 is 16.0 Å². The van der Waals surface area contributed by atoms with Gasteiger partial charge in [0.2, 0.25) is 0 Å². The minimum Gasteiger partial charge on any atom is -0.366 e. The summed E-state index contributed by atoms with van der Waals surface area (Å²) in [7, 11) is 0. The summed E-state index contributed by atoms with van der Waals surface area (Å²) < 4.78 is 40.7. The highest BCUT2D eigenvalue weighted by Crippen LogP contribution is 2.41. The molecule has 1 unspecified atom stereocenters. The molecule has 31 heavy (non-hydrogen) atoms. The molecule has 4 rings (SSSR count). The van der Waals surface area contributed by atoms with Crippen molar-refractivity contribution in [3.8, 4) is 11.1 Å². The Bertz CT molecular complexity index is 1150. The summed E-state index contributed by atoms with van der Waals surface area (Å²) in [6.07, 6.45) is 3.69. The Labute approximate surface area is 177 Å². The van der Waals surface area contributed by atoms with Crippen molar-refractivity contribution in [2.24, 2.45) is 5.73 Å². The van der Waals surface area contributed by atoms with E-state index < -0.39 is 17.5 Å². The van der Waals surface area contributed by atoms with Gasteiger partial charge < -0.3 is 16.0 Å². The van der Waals surface area contributed by atoms with Gasteiger partial charge in [-0.15, -0.1) is 0 Å². The van der Waals surface area contributed by atoms with Crippen molar-refractivity contribution in [3.05, 3.63) is 77.4 Å². The Morgan fingerprint density at radius 3 is 2.68 bits per heavy atom. The van der Waals surface area contributed by atoms with E-state index in [-0.39, 0.29) is 23.1 Å². The molecule has 2 aromatic carbocycles. The highest BCUT2D eigenvalue weighted by Gasteiger charge is 2.28. The molecule has 8 heteroatoms. The number of carbonyl (C=O) groups is 1. The molecule has 0 spiro atoms. The largest absolute Gasteiger partial charge is 0.366 e. The molecule has 0 radical (unpaired) electrons. The molecule has 0 bridgehead atoms. The molecule has 160 valence electrons. The molecular weight excluding hydrogens is 405 g/mol. The maximum Gasteiger partial charge on any atom is 0.259 e. The van der Waals surface area contributed by atoms with Crippen LogP contribution in [0.3, 0.4) is 0 Å². The second-order valence-electron chi connectivity index (χ2n) is 7.66. The lowest BCUT2D eigenvalue weighted by Crippen LogP contribution is -2.33. The average molecular weight is 426 g/mol. The van der Waals surface area contributed by atoms with Crippen LogP contribution in [0.4, 0.5) is 24.5 Å². The number of aromatic nitrogens is 1. The van der Waals surface area contributed by atoms with Crippen molar-refractivity contribution in [2.75, 3.05) is 16.8 Å². The van der Waals surface area contributed by atoms with Crippen molar-refractivity contribution in [1.29, 1.82) is 0 Å². The van der Waals surface area contributed by atoms with Crippen LogP contribution in [-0.4, -0.2) is 23.5 Å². The van der Waals surface area contributed by atoms with Gasteiger partial charge >= 0.3 is 0 Å². The Morgan fingerprint density at radius 2 is 1.94 bits per heavy atom. The topological polar surface area (TPSA) is 71.2 Å². The van der Waals surface area contributed by atoms with Gasteiger partial charge in [-0.25, -0.2) is 13.2 Å². The molecule has 3 aromatic rings. The van der Waals surface area contributed by atoms with Crippen molar-refractivity contribution >= 4 is 17.3 Å². The van der Waals surface area contributed by atoms with Crippen molar-refractivity contribution in [3.63, 3.8) is 0 Å². The molecule has 3 N–H and O–H groups in total. The third kappa shape index (κ3) is 4.25. The number of hydrogen-bond acceptors (Lipinski definition) is 4. The van der Waals surface area contributed by atoms with Crippen LogP contribution in [0, 0.1) is 17.5 Å². The number of pyridine rings is 1. The van der Waals surface area contributed by atoms with E-state index in [1.807, 2.05) is 11.8 Å². The van der Waals surface area contributed by atoms with Crippen molar-refractivity contribution in [2.45, 2.75) is 25.9 Å². The van der Waals surface area contributed by atoms with Gasteiger partial charge in [0, 0.05) is 48.8 Å². The highest BCUT2D eigenvalue weighted by atomic mass is 19.2. The van der Waals surface area contributed by atoms with E-state index >= 15 is 0 Å². The number of hydrogen-bond donors (Lipinski definition) is 2. The number of halogens is 3. The molecule has 0 aliphatic carbocycles. The Balaban J connectivity index is 1.76. The second kappa shape index (κ2) is 8.39. The third-order valence-electron chi connectivity index (χ3n) is 5.23. The summed E-state index contributed by atoms with van der Waals surface area (Å²) >= 11 is 0. The van der Waals surface area contributed by atoms with Crippen molar-refractivity contribution in [1.82, 2.24) is 4.98 Å². The Hall–Kier alpha value is -3.39. The fraction of sp³-hybridized carbons (Fsp3) is 0.217. The van der Waals surface area contributed by atoms with Gasteiger partial charge in [-0.1, -0.05) is 6.07 Å². The van der Waals surface area contributed by atoms with Crippen LogP contribution in [0.1, 0.15) is 29.3 Å². The first kappa shape index (κ1) is 20.9. The summed E-state index contributed by atoms with van der Waals surface area (Å²) in [5.74, 6) is -2.97. The number of amides is 1. The standard InChI is InChI=1S/C23H21F3N4O/c1-13(27)6-7-30-12-14-2-3-15(24)8-17(14)18-10-28-11-19(22(18)30)23(31)29-16-4-5-20(25)21(26)9-16/h2-5,8-11,13H,6-7,12,27H2,1H3,(H,29,31). The first-order valence-corrected chi connectivity index (χ1v) is 9.87. The number of nitrogens with zero attached hydrogens (tertiary/aromatic N) is 2. The second-order valence-corrected chi connectivity index (χ2v) is 7.66. The maximum absolute atomic E-state index is 14.0. The number of anilines is 2. The number of benzene rings is 2. The summed E-state index contributed by atoms with van der Waals surface area (Å²) in [5.41, 5.74) is 9.12. The minimum absolute atomic E-state index is 0.0423. The van der Waals surface area contributed by atoms with Crippen LogP contribution in [-0.2, 0) is 6.54 Å². The van der Waals surface area contributed by atoms with E-state index in [0.29, 0.717) is 36.3 Å². The molecule has 1 aliphatic rings. The number of rotatable bonds is 5. The average Bonchev–Trinajstić information content (AvgIpc) is 2.74. The van der Waals surface area contributed by atoms with Gasteiger partial charge in [0.1, 0.15) is 5.82 Å². The molecule has 0 saturated carbocycles. The summed E-state index contributed by atoms with van der Waals surface area (Å²) in [6.45, 7) is 2.96. The molecule has 2 heterocycles. The maximum atomic E-state index is 14.0. The predicted octanol–water partition coefficient (Wildman–Crippen LogP) is 4.48. The fourth-order valence-corrected chi connectivity index (χ4v) is 3.70. The van der Waals surface area contributed by atoms with Gasteiger partial charge in [-0.2, -0.15) is 0 Å². The smallest absolute Gasteiger partial charge is 0.259 e. The zero-order valence-corrected chi connectivity index (χ0v) is 16.8. The van der Waals surface area contributed by atoms with Gasteiger partial charge in [-0.3, -0.25) is 9.78 Å². The monoisotopic (exact) mass is 426 g/mol. The quantitative estimate of drug-likeness (QED) is 0.631. The first-order valence-electron chi connectivity index (χ1n) is 9.87. The van der Waals surface area contributed by atoms with Crippen LogP contribution in [0.2, 0.25) is 0 Å². The van der Waals surface area contributed by atoms with Gasteiger partial charge in [0.05, 0.1) is 11.3 Å². The van der Waals surface area contributed by atoms with E-state index in [2.05, 4.69) is 10.3 Å². The minimum atomic E-state index is -1.06.